The molecular weight excluding hydrogens is 238 g/mol. The van der Waals surface area contributed by atoms with Crippen LogP contribution in [0.4, 0.5) is 0 Å². The largest absolute Gasteiger partial charge is 0.508 e. The van der Waals surface area contributed by atoms with Gasteiger partial charge >= 0.3 is 0 Å². The molecule has 0 aliphatic rings. The SMILES string of the molecule is C=CCn1cc(Cn2ccnc2)c2cc(O)ccc21. The molecule has 0 amide bonds. The van der Waals surface area contributed by atoms with Crippen LogP contribution in [0.1, 0.15) is 5.56 Å². The number of phenolic OH excluding ortho intramolecular Hbond substituents is 1. The molecule has 0 unspecified atom stereocenters. The van der Waals surface area contributed by atoms with Gasteiger partial charge in [0.2, 0.25) is 0 Å². The zero-order chi connectivity index (χ0) is 13.2. The summed E-state index contributed by atoms with van der Waals surface area (Å²) in [5.41, 5.74) is 2.26. The summed E-state index contributed by atoms with van der Waals surface area (Å²) in [6.07, 6.45) is 9.46. The van der Waals surface area contributed by atoms with Crippen molar-refractivity contribution in [2.45, 2.75) is 13.1 Å². The lowest BCUT2D eigenvalue weighted by Crippen LogP contribution is -1.95. The molecule has 0 atom stereocenters. The Hall–Kier alpha value is -2.49. The fourth-order valence-electron chi connectivity index (χ4n) is 2.35. The molecule has 0 bridgehead atoms. The third-order valence-electron chi connectivity index (χ3n) is 3.19. The zero-order valence-corrected chi connectivity index (χ0v) is 10.5. The maximum atomic E-state index is 9.67. The fraction of sp³-hybridized carbons (Fsp3) is 0.133. The monoisotopic (exact) mass is 253 g/mol. The first-order valence-corrected chi connectivity index (χ1v) is 6.15. The van der Waals surface area contributed by atoms with E-state index in [2.05, 4.69) is 22.3 Å². The van der Waals surface area contributed by atoms with E-state index >= 15 is 0 Å². The van der Waals surface area contributed by atoms with Gasteiger partial charge in [0.15, 0.2) is 0 Å². The molecule has 4 nitrogen and oxygen atoms in total. The van der Waals surface area contributed by atoms with E-state index < -0.39 is 0 Å². The van der Waals surface area contributed by atoms with Crippen LogP contribution < -0.4 is 0 Å². The normalized spacial score (nSPS) is 10.9. The van der Waals surface area contributed by atoms with Crippen LogP contribution in [0, 0.1) is 0 Å². The van der Waals surface area contributed by atoms with Crippen LogP contribution in [-0.2, 0) is 13.1 Å². The maximum Gasteiger partial charge on any atom is 0.116 e. The molecule has 3 aromatic rings. The molecule has 0 saturated carbocycles. The van der Waals surface area contributed by atoms with E-state index in [1.165, 1.54) is 0 Å². The second-order valence-electron chi connectivity index (χ2n) is 4.53. The van der Waals surface area contributed by atoms with Crippen LogP contribution in [0.25, 0.3) is 10.9 Å². The first kappa shape index (κ1) is 11.6. The Kier molecular flexibility index (Phi) is 2.83. The highest BCUT2D eigenvalue weighted by Gasteiger charge is 2.09. The van der Waals surface area contributed by atoms with Gasteiger partial charge in [-0.15, -0.1) is 6.58 Å². The Bertz CT molecular complexity index is 710. The number of aromatic nitrogens is 3. The molecule has 0 spiro atoms. The predicted molar refractivity (Wildman–Crippen MR) is 75.1 cm³/mol. The molecule has 2 heterocycles. The van der Waals surface area contributed by atoms with Crippen LogP contribution >= 0.6 is 0 Å². The van der Waals surface area contributed by atoms with Gasteiger partial charge in [0, 0.05) is 36.0 Å². The molecule has 0 radical (unpaired) electrons. The quantitative estimate of drug-likeness (QED) is 0.726. The highest BCUT2D eigenvalue weighted by atomic mass is 16.3. The minimum absolute atomic E-state index is 0.288. The molecule has 2 aromatic heterocycles. The van der Waals surface area contributed by atoms with E-state index in [1.54, 1.807) is 24.7 Å². The van der Waals surface area contributed by atoms with E-state index in [0.717, 1.165) is 29.6 Å². The Balaban J connectivity index is 2.11. The van der Waals surface area contributed by atoms with Gasteiger partial charge in [-0.05, 0) is 23.8 Å². The average Bonchev–Trinajstić information content (AvgIpc) is 3.00. The van der Waals surface area contributed by atoms with Crippen molar-refractivity contribution >= 4 is 10.9 Å². The lowest BCUT2D eigenvalue weighted by atomic mass is 10.1. The number of nitrogens with zero attached hydrogens (tertiary/aromatic N) is 3. The molecular formula is C15H15N3O. The molecule has 0 aliphatic heterocycles. The Labute approximate surface area is 111 Å². The van der Waals surface area contributed by atoms with Gasteiger partial charge in [0.1, 0.15) is 5.75 Å². The highest BCUT2D eigenvalue weighted by molar-refractivity contribution is 5.85. The van der Waals surface area contributed by atoms with Crippen molar-refractivity contribution in [2.75, 3.05) is 0 Å². The second-order valence-corrected chi connectivity index (χ2v) is 4.53. The lowest BCUT2D eigenvalue weighted by molar-refractivity contribution is 0.476. The smallest absolute Gasteiger partial charge is 0.116 e. The molecule has 3 rings (SSSR count). The summed E-state index contributed by atoms with van der Waals surface area (Å²) in [5.74, 6) is 0.288. The van der Waals surface area contributed by atoms with Crippen molar-refractivity contribution in [2.24, 2.45) is 0 Å². The Morgan fingerprint density at radius 2 is 2.26 bits per heavy atom. The van der Waals surface area contributed by atoms with Crippen LogP contribution in [0.3, 0.4) is 0 Å². The van der Waals surface area contributed by atoms with E-state index in [0.29, 0.717) is 0 Å². The number of aromatic hydroxyl groups is 1. The van der Waals surface area contributed by atoms with E-state index in [4.69, 9.17) is 0 Å². The number of hydrogen-bond acceptors (Lipinski definition) is 2. The van der Waals surface area contributed by atoms with E-state index in [-0.39, 0.29) is 5.75 Å². The van der Waals surface area contributed by atoms with Crippen molar-refractivity contribution in [3.8, 4) is 5.75 Å². The van der Waals surface area contributed by atoms with Crippen molar-refractivity contribution in [1.29, 1.82) is 0 Å². The van der Waals surface area contributed by atoms with Gasteiger partial charge in [-0.2, -0.15) is 0 Å². The van der Waals surface area contributed by atoms with Crippen molar-refractivity contribution in [1.82, 2.24) is 14.1 Å². The van der Waals surface area contributed by atoms with Crippen molar-refractivity contribution in [3.05, 3.63) is 61.3 Å². The van der Waals surface area contributed by atoms with Crippen LogP contribution in [0.2, 0.25) is 0 Å². The lowest BCUT2D eigenvalue weighted by Gasteiger charge is -2.01. The standard InChI is InChI=1S/C15H15N3O/c1-2-6-18-10-12(9-17-7-5-16-11-17)14-8-13(19)3-4-15(14)18/h2-5,7-8,10-11,19H,1,6,9H2. The number of imidazole rings is 1. The van der Waals surface area contributed by atoms with E-state index in [1.807, 2.05) is 22.9 Å². The van der Waals surface area contributed by atoms with Gasteiger partial charge < -0.3 is 14.2 Å². The first-order chi connectivity index (χ1) is 9.28. The summed E-state index contributed by atoms with van der Waals surface area (Å²) in [7, 11) is 0. The number of allylic oxidation sites excluding steroid dienone is 1. The third-order valence-corrected chi connectivity index (χ3v) is 3.19. The van der Waals surface area contributed by atoms with Gasteiger partial charge in [0.25, 0.3) is 0 Å². The minimum Gasteiger partial charge on any atom is -0.508 e. The first-order valence-electron chi connectivity index (χ1n) is 6.15. The van der Waals surface area contributed by atoms with Crippen LogP contribution in [0.5, 0.6) is 5.75 Å². The maximum absolute atomic E-state index is 9.67. The molecule has 0 aliphatic carbocycles. The molecule has 1 aromatic carbocycles. The van der Waals surface area contributed by atoms with E-state index in [9.17, 15) is 5.11 Å². The van der Waals surface area contributed by atoms with Crippen LogP contribution in [-0.4, -0.2) is 19.2 Å². The van der Waals surface area contributed by atoms with Crippen molar-refractivity contribution < 1.29 is 5.11 Å². The Morgan fingerprint density at radius 3 is 3.00 bits per heavy atom. The van der Waals surface area contributed by atoms with Gasteiger partial charge in [0.05, 0.1) is 12.9 Å². The number of benzene rings is 1. The summed E-state index contributed by atoms with van der Waals surface area (Å²) in [4.78, 5) is 4.05. The number of rotatable bonds is 4. The topological polar surface area (TPSA) is 43.0 Å². The average molecular weight is 253 g/mol. The summed E-state index contributed by atoms with van der Waals surface area (Å²) in [5, 5.41) is 10.7. The molecule has 0 fully saturated rings. The molecule has 1 N–H and O–H groups in total. The summed E-state index contributed by atoms with van der Waals surface area (Å²) in [6, 6.07) is 5.45. The van der Waals surface area contributed by atoms with Gasteiger partial charge in [-0.1, -0.05) is 6.08 Å². The zero-order valence-electron chi connectivity index (χ0n) is 10.5. The number of hydrogen-bond donors (Lipinski definition) is 1. The Morgan fingerprint density at radius 1 is 1.37 bits per heavy atom. The van der Waals surface area contributed by atoms with Gasteiger partial charge in [-0.3, -0.25) is 0 Å². The van der Waals surface area contributed by atoms with Crippen molar-refractivity contribution in [3.63, 3.8) is 0 Å². The predicted octanol–water partition coefficient (Wildman–Crippen LogP) is 2.78. The fourth-order valence-corrected chi connectivity index (χ4v) is 2.35. The number of phenols is 1. The summed E-state index contributed by atoms with van der Waals surface area (Å²) >= 11 is 0. The highest BCUT2D eigenvalue weighted by Crippen LogP contribution is 2.26. The molecule has 19 heavy (non-hydrogen) atoms. The number of fused-ring (bicyclic) bond motifs is 1. The molecule has 0 saturated heterocycles. The summed E-state index contributed by atoms with van der Waals surface area (Å²) in [6.45, 7) is 5.28. The molecule has 96 valence electrons. The van der Waals surface area contributed by atoms with Gasteiger partial charge in [-0.25, -0.2) is 4.98 Å². The second kappa shape index (κ2) is 4.65. The molecule has 4 heteroatoms. The minimum atomic E-state index is 0.288. The summed E-state index contributed by atoms with van der Waals surface area (Å²) < 4.78 is 4.14. The van der Waals surface area contributed by atoms with Crippen LogP contribution in [0.15, 0.2) is 55.8 Å². The third kappa shape index (κ3) is 2.12.